The number of ether oxygens (including phenoxy) is 2. The zero-order chi connectivity index (χ0) is 14.8. The van der Waals surface area contributed by atoms with Gasteiger partial charge in [-0.3, -0.25) is 0 Å². The largest absolute Gasteiger partial charge is 0.394 e. The van der Waals surface area contributed by atoms with Crippen LogP contribution in [-0.2, 0) is 9.47 Å². The van der Waals surface area contributed by atoms with Gasteiger partial charge in [-0.1, -0.05) is 38.3 Å². The molecule has 0 unspecified atom stereocenters. The summed E-state index contributed by atoms with van der Waals surface area (Å²) < 4.78 is 10.8. The van der Waals surface area contributed by atoms with E-state index in [2.05, 4.69) is 13.0 Å². The molecule has 0 bridgehead atoms. The average Bonchev–Trinajstić information content (AvgIpc) is 2.46. The van der Waals surface area contributed by atoms with E-state index in [1.165, 1.54) is 25.7 Å². The first kappa shape index (κ1) is 17.6. The number of rotatable bonds is 9. The Morgan fingerprint density at radius 3 is 2.70 bits per heavy atom. The van der Waals surface area contributed by atoms with Crippen molar-refractivity contribution in [3.8, 4) is 0 Å². The van der Waals surface area contributed by atoms with Crippen LogP contribution in [0.2, 0.25) is 0 Å². The van der Waals surface area contributed by atoms with Gasteiger partial charge < -0.3 is 24.8 Å². The summed E-state index contributed by atoms with van der Waals surface area (Å²) in [6, 6.07) is 0. The maximum atomic E-state index is 9.85. The third-order valence-electron chi connectivity index (χ3n) is 3.53. The number of hydrogen-bond acceptors (Lipinski definition) is 5. The van der Waals surface area contributed by atoms with Crippen molar-refractivity contribution in [2.24, 2.45) is 0 Å². The van der Waals surface area contributed by atoms with Gasteiger partial charge in [0.15, 0.2) is 0 Å². The van der Waals surface area contributed by atoms with Crippen LogP contribution in [0.5, 0.6) is 0 Å². The molecular formula is C15H28O5. The topological polar surface area (TPSA) is 79.2 Å². The van der Waals surface area contributed by atoms with Gasteiger partial charge in [0.25, 0.3) is 0 Å². The molecule has 1 fully saturated rings. The molecule has 0 aromatic rings. The minimum absolute atomic E-state index is 0.0273. The van der Waals surface area contributed by atoms with Crippen LogP contribution in [0.3, 0.4) is 0 Å². The van der Waals surface area contributed by atoms with E-state index in [0.717, 1.165) is 6.42 Å². The molecule has 5 nitrogen and oxygen atoms in total. The molecule has 0 amide bonds. The monoisotopic (exact) mass is 288 g/mol. The Bertz CT molecular complexity index is 267. The lowest BCUT2D eigenvalue weighted by atomic mass is 10.0. The molecule has 0 saturated carbocycles. The Labute approximate surface area is 121 Å². The Hall–Kier alpha value is -0.460. The van der Waals surface area contributed by atoms with E-state index in [1.54, 1.807) is 0 Å². The van der Waals surface area contributed by atoms with Crippen molar-refractivity contribution in [1.29, 1.82) is 0 Å². The summed E-state index contributed by atoms with van der Waals surface area (Å²) in [6.07, 6.45) is 6.69. The molecule has 1 aliphatic heterocycles. The van der Waals surface area contributed by atoms with E-state index < -0.39 is 24.4 Å². The van der Waals surface area contributed by atoms with Gasteiger partial charge in [0, 0.05) is 0 Å². The maximum absolute atomic E-state index is 9.85. The molecule has 20 heavy (non-hydrogen) atoms. The van der Waals surface area contributed by atoms with Crippen molar-refractivity contribution in [3.05, 3.63) is 12.2 Å². The molecule has 1 saturated heterocycles. The Kier molecular flexibility index (Phi) is 9.05. The lowest BCUT2D eigenvalue weighted by Crippen LogP contribution is -2.55. The smallest absolute Gasteiger partial charge is 0.115 e. The minimum atomic E-state index is -1.01. The van der Waals surface area contributed by atoms with Gasteiger partial charge >= 0.3 is 0 Å². The molecule has 5 heteroatoms. The molecule has 0 aromatic carbocycles. The molecule has 118 valence electrons. The fourth-order valence-corrected chi connectivity index (χ4v) is 2.26. The van der Waals surface area contributed by atoms with Crippen molar-refractivity contribution >= 4 is 0 Å². The quantitative estimate of drug-likeness (QED) is 0.436. The van der Waals surface area contributed by atoms with E-state index in [1.807, 2.05) is 6.08 Å². The van der Waals surface area contributed by atoms with Crippen LogP contribution in [0.1, 0.15) is 39.0 Å². The molecule has 1 rings (SSSR count). The van der Waals surface area contributed by atoms with Gasteiger partial charge in [0.2, 0.25) is 0 Å². The Balaban J connectivity index is 2.22. The predicted molar refractivity (Wildman–Crippen MR) is 76.5 cm³/mol. The van der Waals surface area contributed by atoms with Crippen molar-refractivity contribution in [2.75, 3.05) is 19.8 Å². The summed E-state index contributed by atoms with van der Waals surface area (Å²) in [5.74, 6) is 0. The second-order valence-corrected chi connectivity index (χ2v) is 5.23. The average molecular weight is 288 g/mol. The minimum Gasteiger partial charge on any atom is -0.394 e. The molecular weight excluding hydrogens is 260 g/mol. The van der Waals surface area contributed by atoms with E-state index in [-0.39, 0.29) is 13.2 Å². The lowest BCUT2D eigenvalue weighted by Gasteiger charge is -2.37. The number of aliphatic hydroxyl groups excluding tert-OH is 3. The van der Waals surface area contributed by atoms with Crippen molar-refractivity contribution in [3.63, 3.8) is 0 Å². The van der Waals surface area contributed by atoms with Crippen LogP contribution < -0.4 is 0 Å². The van der Waals surface area contributed by atoms with E-state index in [9.17, 15) is 15.3 Å². The highest BCUT2D eigenvalue weighted by molar-refractivity contribution is 4.89. The number of aliphatic hydroxyl groups is 3. The summed E-state index contributed by atoms with van der Waals surface area (Å²) in [4.78, 5) is 0. The summed E-state index contributed by atoms with van der Waals surface area (Å²) >= 11 is 0. The summed E-state index contributed by atoms with van der Waals surface area (Å²) in [7, 11) is 0. The van der Waals surface area contributed by atoms with Crippen LogP contribution in [0.25, 0.3) is 0 Å². The third kappa shape index (κ3) is 5.89. The number of unbranched alkanes of at least 4 members (excludes halogenated alkanes) is 4. The van der Waals surface area contributed by atoms with Crippen molar-refractivity contribution < 1.29 is 24.8 Å². The zero-order valence-electron chi connectivity index (χ0n) is 12.3. The summed E-state index contributed by atoms with van der Waals surface area (Å²) in [5.41, 5.74) is 0. The van der Waals surface area contributed by atoms with E-state index >= 15 is 0 Å². The summed E-state index contributed by atoms with van der Waals surface area (Å²) in [6.45, 7) is 2.34. The normalized spacial score (nSPS) is 31.0. The first-order valence-corrected chi connectivity index (χ1v) is 7.55. The Morgan fingerprint density at radius 2 is 2.00 bits per heavy atom. The zero-order valence-corrected chi connectivity index (χ0v) is 12.3. The van der Waals surface area contributed by atoms with Gasteiger partial charge in [-0.2, -0.15) is 0 Å². The van der Waals surface area contributed by atoms with Gasteiger partial charge in [-0.05, 0) is 12.8 Å². The molecule has 0 aromatic heterocycles. The SMILES string of the molecule is CCCCCC/C=C/CO[C@@H]1[C@@H](O)[C@H](O)CO[C@H]1CO. The highest BCUT2D eigenvalue weighted by atomic mass is 16.6. The van der Waals surface area contributed by atoms with Gasteiger partial charge in [0.05, 0.1) is 19.8 Å². The fourth-order valence-electron chi connectivity index (χ4n) is 2.26. The Morgan fingerprint density at radius 1 is 1.20 bits per heavy atom. The van der Waals surface area contributed by atoms with Crippen molar-refractivity contribution in [2.45, 2.75) is 63.4 Å². The molecule has 0 spiro atoms. The van der Waals surface area contributed by atoms with Crippen LogP contribution in [0.4, 0.5) is 0 Å². The lowest BCUT2D eigenvalue weighted by molar-refractivity contribution is -0.208. The fraction of sp³-hybridized carbons (Fsp3) is 0.867. The molecule has 1 heterocycles. The first-order valence-electron chi connectivity index (χ1n) is 7.55. The molecule has 3 N–H and O–H groups in total. The third-order valence-corrected chi connectivity index (χ3v) is 3.53. The highest BCUT2D eigenvalue weighted by Gasteiger charge is 2.38. The predicted octanol–water partition coefficient (Wildman–Crippen LogP) is 1.01. The van der Waals surface area contributed by atoms with Crippen LogP contribution >= 0.6 is 0 Å². The number of hydrogen-bond donors (Lipinski definition) is 3. The second-order valence-electron chi connectivity index (χ2n) is 5.23. The van der Waals surface area contributed by atoms with E-state index in [0.29, 0.717) is 6.61 Å². The standard InChI is InChI=1S/C15H28O5/c1-2-3-4-5-6-7-8-9-19-15-13(10-16)20-11-12(17)14(15)18/h7-8,12-18H,2-6,9-11H2,1H3/b8-7+/t12-,13+,14+,15+/m1/s1. The molecule has 0 radical (unpaired) electrons. The molecule has 0 aliphatic carbocycles. The van der Waals surface area contributed by atoms with Crippen LogP contribution in [0, 0.1) is 0 Å². The van der Waals surface area contributed by atoms with Crippen LogP contribution in [-0.4, -0.2) is 59.6 Å². The molecule has 1 aliphatic rings. The van der Waals surface area contributed by atoms with Crippen molar-refractivity contribution in [1.82, 2.24) is 0 Å². The first-order chi connectivity index (χ1) is 9.70. The van der Waals surface area contributed by atoms with Gasteiger partial charge in [-0.15, -0.1) is 0 Å². The maximum Gasteiger partial charge on any atom is 0.115 e. The van der Waals surface area contributed by atoms with Gasteiger partial charge in [-0.25, -0.2) is 0 Å². The van der Waals surface area contributed by atoms with Gasteiger partial charge in [0.1, 0.15) is 24.4 Å². The molecule has 4 atom stereocenters. The number of allylic oxidation sites excluding steroid dienone is 1. The van der Waals surface area contributed by atoms with E-state index in [4.69, 9.17) is 9.47 Å². The summed E-state index contributed by atoms with van der Waals surface area (Å²) in [5, 5.41) is 28.6. The van der Waals surface area contributed by atoms with Crippen LogP contribution in [0.15, 0.2) is 12.2 Å². The highest BCUT2D eigenvalue weighted by Crippen LogP contribution is 2.18. The second kappa shape index (κ2) is 10.3.